The number of hydrogen-bond acceptors (Lipinski definition) is 2. The van der Waals surface area contributed by atoms with Gasteiger partial charge in [0.2, 0.25) is 0 Å². The van der Waals surface area contributed by atoms with Gasteiger partial charge in [0, 0.05) is 17.8 Å². The Labute approximate surface area is 119 Å². The molecule has 96 valence electrons. The van der Waals surface area contributed by atoms with Crippen molar-refractivity contribution in [1.82, 2.24) is 18.9 Å². The van der Waals surface area contributed by atoms with Crippen molar-refractivity contribution < 1.29 is 8.68 Å². The monoisotopic (exact) mass is 265 g/mol. The van der Waals surface area contributed by atoms with Gasteiger partial charge in [-0.25, -0.2) is 18.5 Å². The minimum absolute atomic E-state index is 0.627. The number of fused-ring (bicyclic) bond motifs is 7. The SMILES string of the molecule is [2H]C([2H])([2H])[n+]1c2n(c3cc4cnccn4c31)Cc1cccnc1-2. The average Bonchev–Trinajstić information content (AvgIpc) is 3.13. The van der Waals surface area contributed by atoms with Gasteiger partial charge in [0.25, 0.3) is 11.5 Å². The van der Waals surface area contributed by atoms with Crippen LogP contribution < -0.4 is 4.57 Å². The maximum atomic E-state index is 8.02. The van der Waals surface area contributed by atoms with Crippen LogP contribution in [0, 0.1) is 0 Å². The molecule has 0 bridgehead atoms. The van der Waals surface area contributed by atoms with Crippen molar-refractivity contribution in [1.29, 1.82) is 0 Å². The van der Waals surface area contributed by atoms with Crippen LogP contribution in [0.1, 0.15) is 9.68 Å². The number of imidazole rings is 1. The number of aromatic nitrogens is 5. The van der Waals surface area contributed by atoms with E-state index in [0.29, 0.717) is 18.0 Å². The summed E-state index contributed by atoms with van der Waals surface area (Å²) in [5.41, 5.74) is 4.17. The molecule has 20 heavy (non-hydrogen) atoms. The third kappa shape index (κ3) is 1.02. The van der Waals surface area contributed by atoms with Crippen LogP contribution in [0.25, 0.3) is 28.2 Å². The molecule has 0 N–H and O–H groups in total. The van der Waals surface area contributed by atoms with Crippen molar-refractivity contribution in [2.45, 2.75) is 6.54 Å². The van der Waals surface area contributed by atoms with E-state index in [1.54, 1.807) is 24.8 Å². The molecule has 0 saturated heterocycles. The van der Waals surface area contributed by atoms with Crippen LogP contribution >= 0.6 is 0 Å². The standard InChI is InChI=1S/C15H12N5/c1-18-14-12(7-11-8-16-5-6-19(11)14)20-9-10-3-2-4-17-13(10)15(18)20/h2-8H,9H2,1H3/q+1/i1D3. The van der Waals surface area contributed by atoms with E-state index in [2.05, 4.69) is 9.97 Å². The fourth-order valence-corrected chi connectivity index (χ4v) is 3.09. The molecule has 5 heteroatoms. The largest absolute Gasteiger partial charge is 0.273 e. The zero-order chi connectivity index (χ0) is 15.8. The second-order valence-corrected chi connectivity index (χ2v) is 4.98. The minimum atomic E-state index is -2.30. The van der Waals surface area contributed by atoms with Crippen molar-refractivity contribution in [2.75, 3.05) is 0 Å². The molecule has 0 fully saturated rings. The van der Waals surface area contributed by atoms with Crippen molar-refractivity contribution in [3.8, 4) is 11.5 Å². The Morgan fingerprint density at radius 2 is 2.40 bits per heavy atom. The lowest BCUT2D eigenvalue weighted by Gasteiger charge is -1.96. The fourth-order valence-electron chi connectivity index (χ4n) is 3.09. The quantitative estimate of drug-likeness (QED) is 0.398. The molecule has 1 aliphatic rings. The van der Waals surface area contributed by atoms with Crippen molar-refractivity contribution in [3.05, 3.63) is 48.5 Å². The van der Waals surface area contributed by atoms with Gasteiger partial charge in [0.15, 0.2) is 5.52 Å². The van der Waals surface area contributed by atoms with Gasteiger partial charge in [-0.05, 0) is 6.07 Å². The van der Waals surface area contributed by atoms with E-state index in [0.717, 1.165) is 22.3 Å². The number of hydrogen-bond donors (Lipinski definition) is 0. The molecule has 4 aromatic heterocycles. The summed E-state index contributed by atoms with van der Waals surface area (Å²) in [6, 6.07) is 5.84. The summed E-state index contributed by atoms with van der Waals surface area (Å²) in [6.07, 6.45) is 6.88. The molecule has 0 saturated carbocycles. The molecule has 0 unspecified atom stereocenters. The normalized spacial score (nSPS) is 15.9. The first-order valence-electron chi connectivity index (χ1n) is 7.90. The Kier molecular flexibility index (Phi) is 1.27. The molecule has 0 atom stereocenters. The van der Waals surface area contributed by atoms with Gasteiger partial charge in [-0.15, -0.1) is 0 Å². The van der Waals surface area contributed by atoms with E-state index in [1.807, 2.05) is 27.2 Å². The van der Waals surface area contributed by atoms with E-state index >= 15 is 0 Å². The maximum absolute atomic E-state index is 8.02. The van der Waals surface area contributed by atoms with E-state index in [4.69, 9.17) is 4.11 Å². The summed E-state index contributed by atoms with van der Waals surface area (Å²) in [4.78, 5) is 8.54. The van der Waals surface area contributed by atoms with E-state index in [9.17, 15) is 0 Å². The first kappa shape index (κ1) is 7.79. The zero-order valence-electron chi connectivity index (χ0n) is 13.5. The smallest absolute Gasteiger partial charge is 0.258 e. The van der Waals surface area contributed by atoms with Crippen LogP contribution in [0.5, 0.6) is 0 Å². The summed E-state index contributed by atoms with van der Waals surface area (Å²) in [5, 5.41) is 0. The van der Waals surface area contributed by atoms with Gasteiger partial charge in [-0.2, -0.15) is 0 Å². The summed E-state index contributed by atoms with van der Waals surface area (Å²) < 4.78 is 29.4. The topological polar surface area (TPSA) is 39.0 Å². The van der Waals surface area contributed by atoms with Crippen LogP contribution in [-0.4, -0.2) is 18.9 Å². The Morgan fingerprint density at radius 3 is 3.35 bits per heavy atom. The molecular weight excluding hydrogens is 250 g/mol. The lowest BCUT2D eigenvalue weighted by Crippen LogP contribution is -2.30. The Morgan fingerprint density at radius 1 is 1.40 bits per heavy atom. The highest BCUT2D eigenvalue weighted by atomic mass is 15.2. The number of aryl methyl sites for hydroxylation is 1. The van der Waals surface area contributed by atoms with E-state index in [1.165, 1.54) is 4.57 Å². The molecule has 1 aliphatic heterocycles. The van der Waals surface area contributed by atoms with Gasteiger partial charge in [0.1, 0.15) is 11.2 Å². The summed E-state index contributed by atoms with van der Waals surface area (Å²) in [5.74, 6) is 0.636. The van der Waals surface area contributed by atoms with Gasteiger partial charge < -0.3 is 0 Å². The highest BCUT2D eigenvalue weighted by Crippen LogP contribution is 2.32. The minimum Gasteiger partial charge on any atom is -0.258 e. The molecule has 0 spiro atoms. The van der Waals surface area contributed by atoms with Crippen molar-refractivity contribution in [2.24, 2.45) is 6.98 Å². The molecule has 5 rings (SSSR count). The molecule has 0 amide bonds. The highest BCUT2D eigenvalue weighted by Gasteiger charge is 2.33. The molecular formula is C15H12N5+. The van der Waals surface area contributed by atoms with Gasteiger partial charge in [-0.3, -0.25) is 4.98 Å². The summed E-state index contributed by atoms with van der Waals surface area (Å²) in [7, 11) is 0. The third-order valence-corrected chi connectivity index (χ3v) is 3.93. The fraction of sp³-hybridized carbons (Fsp3) is 0.133. The predicted molar refractivity (Wildman–Crippen MR) is 74.2 cm³/mol. The van der Waals surface area contributed by atoms with Gasteiger partial charge >= 0.3 is 0 Å². The number of pyridine rings is 1. The molecule has 4 aromatic rings. The second kappa shape index (κ2) is 3.25. The average molecular weight is 265 g/mol. The molecule has 0 radical (unpaired) electrons. The maximum Gasteiger partial charge on any atom is 0.273 e. The zero-order valence-corrected chi connectivity index (χ0v) is 10.5. The first-order valence-corrected chi connectivity index (χ1v) is 6.40. The van der Waals surface area contributed by atoms with Crippen molar-refractivity contribution >= 4 is 16.7 Å². The lowest BCUT2D eigenvalue weighted by molar-refractivity contribution is -0.636. The van der Waals surface area contributed by atoms with E-state index in [-0.39, 0.29) is 0 Å². The molecule has 0 aromatic carbocycles. The Hall–Kier alpha value is -2.69. The van der Waals surface area contributed by atoms with Crippen LogP contribution in [0.3, 0.4) is 0 Å². The van der Waals surface area contributed by atoms with Crippen LogP contribution in [0.4, 0.5) is 0 Å². The summed E-state index contributed by atoms with van der Waals surface area (Å²) >= 11 is 0. The Balaban J connectivity index is 2.01. The summed E-state index contributed by atoms with van der Waals surface area (Å²) in [6.45, 7) is -1.67. The second-order valence-electron chi connectivity index (χ2n) is 4.98. The van der Waals surface area contributed by atoms with Crippen LogP contribution in [-0.2, 0) is 13.5 Å². The molecule has 0 aliphatic carbocycles. The van der Waals surface area contributed by atoms with Gasteiger partial charge in [0.05, 0.1) is 36.2 Å². The predicted octanol–water partition coefficient (Wildman–Crippen LogP) is 1.54. The van der Waals surface area contributed by atoms with Gasteiger partial charge in [-0.1, -0.05) is 6.07 Å². The number of nitrogens with zero attached hydrogens (tertiary/aromatic N) is 5. The number of rotatable bonds is 0. The third-order valence-electron chi connectivity index (χ3n) is 3.93. The van der Waals surface area contributed by atoms with Crippen LogP contribution in [0.2, 0.25) is 0 Å². The molecule has 5 nitrogen and oxygen atoms in total. The Bertz CT molecular complexity index is 1090. The molecule has 5 heterocycles. The van der Waals surface area contributed by atoms with Crippen molar-refractivity contribution in [3.63, 3.8) is 0 Å². The lowest BCUT2D eigenvalue weighted by atomic mass is 10.2. The van der Waals surface area contributed by atoms with E-state index < -0.39 is 6.98 Å². The van der Waals surface area contributed by atoms with Crippen LogP contribution in [0.15, 0.2) is 43.0 Å². The first-order chi connectivity index (χ1) is 11.1. The highest BCUT2D eigenvalue weighted by molar-refractivity contribution is 5.82.